The number of benzene rings is 2. The van der Waals surface area contributed by atoms with Gasteiger partial charge in [-0.3, -0.25) is 0 Å². The van der Waals surface area contributed by atoms with E-state index in [1.807, 2.05) is 0 Å². The molecule has 0 aliphatic heterocycles. The van der Waals surface area contributed by atoms with Gasteiger partial charge in [0, 0.05) is 10.8 Å². The van der Waals surface area contributed by atoms with Gasteiger partial charge in [-0.15, -0.1) is 0 Å². The Bertz CT molecular complexity index is 764. The van der Waals surface area contributed by atoms with E-state index in [-0.39, 0.29) is 4.90 Å². The first kappa shape index (κ1) is 14.9. The van der Waals surface area contributed by atoms with Crippen molar-refractivity contribution in [2.45, 2.75) is 4.90 Å². The largest absolute Gasteiger partial charge is 0.497 e. The molecule has 4 nitrogen and oxygen atoms in total. The molecule has 0 saturated carbocycles. The second-order valence-corrected chi connectivity index (χ2v) is 5.82. The summed E-state index contributed by atoms with van der Waals surface area (Å²) in [6, 6.07) is 13.0. The number of methoxy groups -OCH3 is 2. The minimum absolute atomic E-state index is 0.143. The Morgan fingerprint density at radius 3 is 1.76 bits per heavy atom. The molecule has 0 amide bonds. The van der Waals surface area contributed by atoms with Crippen LogP contribution in [0.25, 0.3) is 0 Å². The van der Waals surface area contributed by atoms with Crippen molar-refractivity contribution < 1.29 is 17.9 Å². The van der Waals surface area contributed by atoms with Crippen LogP contribution in [0, 0.1) is 11.2 Å². The summed E-state index contributed by atoms with van der Waals surface area (Å²) in [6.07, 6.45) is 0. The summed E-state index contributed by atoms with van der Waals surface area (Å²) in [5.74, 6) is 3.93. The smallest absolute Gasteiger partial charge is 0.245 e. The molecule has 108 valence electrons. The average Bonchev–Trinajstić information content (AvgIpc) is 2.53. The van der Waals surface area contributed by atoms with E-state index >= 15 is 0 Å². The van der Waals surface area contributed by atoms with Gasteiger partial charge in [0.05, 0.1) is 19.1 Å². The third kappa shape index (κ3) is 3.77. The Kier molecular flexibility index (Phi) is 4.51. The van der Waals surface area contributed by atoms with Gasteiger partial charge in [0.25, 0.3) is 0 Å². The van der Waals surface area contributed by atoms with Gasteiger partial charge in [-0.1, -0.05) is 0 Å². The third-order valence-electron chi connectivity index (χ3n) is 2.79. The monoisotopic (exact) mass is 302 g/mol. The highest BCUT2D eigenvalue weighted by Crippen LogP contribution is 2.16. The van der Waals surface area contributed by atoms with Gasteiger partial charge in [-0.25, -0.2) is 8.42 Å². The molecule has 0 radical (unpaired) electrons. The van der Waals surface area contributed by atoms with E-state index in [0.717, 1.165) is 0 Å². The molecule has 0 spiro atoms. The summed E-state index contributed by atoms with van der Waals surface area (Å²) < 4.78 is 34.2. The Hall–Kier alpha value is -2.45. The first-order valence-electron chi connectivity index (χ1n) is 6.11. The van der Waals surface area contributed by atoms with Crippen LogP contribution in [0.15, 0.2) is 53.4 Å². The second kappa shape index (κ2) is 6.33. The molecule has 0 atom stereocenters. The van der Waals surface area contributed by atoms with E-state index in [0.29, 0.717) is 17.1 Å². The van der Waals surface area contributed by atoms with E-state index in [2.05, 4.69) is 11.2 Å². The molecule has 0 aliphatic carbocycles. The maximum atomic E-state index is 12.1. The van der Waals surface area contributed by atoms with Gasteiger partial charge in [-0.2, -0.15) is 0 Å². The second-order valence-electron chi connectivity index (χ2n) is 4.13. The fraction of sp³-hybridized carbons (Fsp3) is 0.125. The molecule has 0 aliphatic rings. The van der Waals surface area contributed by atoms with Crippen molar-refractivity contribution >= 4 is 9.84 Å². The molecule has 2 aromatic rings. The molecule has 0 N–H and O–H groups in total. The highest BCUT2D eigenvalue weighted by molar-refractivity contribution is 7.96. The fourth-order valence-corrected chi connectivity index (χ4v) is 2.48. The highest BCUT2D eigenvalue weighted by atomic mass is 32.2. The number of hydrogen-bond acceptors (Lipinski definition) is 4. The van der Waals surface area contributed by atoms with Crippen molar-refractivity contribution in [1.29, 1.82) is 0 Å². The lowest BCUT2D eigenvalue weighted by molar-refractivity contribution is 0.414. The van der Waals surface area contributed by atoms with Gasteiger partial charge in [0.2, 0.25) is 9.84 Å². The minimum atomic E-state index is -3.65. The van der Waals surface area contributed by atoms with Gasteiger partial charge in [0.15, 0.2) is 0 Å². The zero-order valence-electron chi connectivity index (χ0n) is 11.7. The van der Waals surface area contributed by atoms with E-state index in [1.54, 1.807) is 43.5 Å². The summed E-state index contributed by atoms with van der Waals surface area (Å²) in [6.45, 7) is 0. The van der Waals surface area contributed by atoms with E-state index in [4.69, 9.17) is 9.47 Å². The summed E-state index contributed by atoms with van der Waals surface area (Å²) in [7, 11) is -0.562. The maximum Gasteiger partial charge on any atom is 0.245 e. The van der Waals surface area contributed by atoms with Crippen LogP contribution < -0.4 is 9.47 Å². The van der Waals surface area contributed by atoms with E-state index in [9.17, 15) is 8.42 Å². The number of sulfone groups is 1. The van der Waals surface area contributed by atoms with Crippen LogP contribution in [0.5, 0.6) is 11.5 Å². The summed E-state index contributed by atoms with van der Waals surface area (Å²) >= 11 is 0. The molecule has 0 heterocycles. The van der Waals surface area contributed by atoms with Gasteiger partial charge < -0.3 is 9.47 Å². The van der Waals surface area contributed by atoms with Crippen LogP contribution in [0.1, 0.15) is 5.56 Å². The quantitative estimate of drug-likeness (QED) is 0.817. The van der Waals surface area contributed by atoms with Crippen molar-refractivity contribution in [3.8, 4) is 22.7 Å². The molecular weight excluding hydrogens is 288 g/mol. The fourth-order valence-electron chi connectivity index (χ4n) is 1.61. The van der Waals surface area contributed by atoms with Crippen molar-refractivity contribution in [2.75, 3.05) is 14.2 Å². The van der Waals surface area contributed by atoms with Gasteiger partial charge in [0.1, 0.15) is 11.5 Å². The maximum absolute atomic E-state index is 12.1. The predicted molar refractivity (Wildman–Crippen MR) is 80.1 cm³/mol. The Morgan fingerprint density at radius 2 is 1.29 bits per heavy atom. The van der Waals surface area contributed by atoms with Gasteiger partial charge >= 0.3 is 0 Å². The lowest BCUT2D eigenvalue weighted by Gasteiger charge is -2.00. The molecule has 2 rings (SSSR count). The molecule has 2 aromatic carbocycles. The lowest BCUT2D eigenvalue weighted by atomic mass is 10.2. The standard InChI is InChI=1S/C16H14O4S/c1-19-14-5-3-13(4-6-14)11-12-21(17,18)16-9-7-15(20-2)8-10-16/h3-10H,1-2H3. The molecule has 0 bridgehead atoms. The van der Waals surface area contributed by atoms with E-state index in [1.165, 1.54) is 19.2 Å². The molecular formula is C16H14O4S. The van der Waals surface area contributed by atoms with Crippen molar-refractivity contribution in [3.05, 3.63) is 54.1 Å². The van der Waals surface area contributed by atoms with Crippen LogP contribution in [0.3, 0.4) is 0 Å². The number of ether oxygens (including phenoxy) is 2. The molecule has 0 unspecified atom stereocenters. The lowest BCUT2D eigenvalue weighted by Crippen LogP contribution is -1.97. The average molecular weight is 302 g/mol. The van der Waals surface area contributed by atoms with Gasteiger partial charge in [-0.05, 0) is 54.5 Å². The molecule has 5 heteroatoms. The zero-order valence-corrected chi connectivity index (χ0v) is 12.5. The summed E-state index contributed by atoms with van der Waals surface area (Å²) in [5, 5.41) is 2.31. The van der Waals surface area contributed by atoms with E-state index < -0.39 is 9.84 Å². The van der Waals surface area contributed by atoms with Crippen molar-refractivity contribution in [2.24, 2.45) is 0 Å². The normalized spacial score (nSPS) is 10.4. The third-order valence-corrected chi connectivity index (χ3v) is 4.05. The van der Waals surface area contributed by atoms with Crippen LogP contribution in [0.2, 0.25) is 0 Å². The minimum Gasteiger partial charge on any atom is -0.497 e. The molecule has 0 aromatic heterocycles. The topological polar surface area (TPSA) is 52.6 Å². The van der Waals surface area contributed by atoms with Crippen LogP contribution in [-0.2, 0) is 9.84 Å². The first-order chi connectivity index (χ1) is 10.0. The summed E-state index contributed by atoms with van der Waals surface area (Å²) in [5.41, 5.74) is 0.605. The molecule has 0 saturated heterocycles. The number of rotatable bonds is 3. The number of hydrogen-bond donors (Lipinski definition) is 0. The predicted octanol–water partition coefficient (Wildman–Crippen LogP) is 2.49. The van der Waals surface area contributed by atoms with Crippen LogP contribution in [0.4, 0.5) is 0 Å². The molecule has 0 fully saturated rings. The summed E-state index contributed by atoms with van der Waals surface area (Å²) in [4.78, 5) is 0.143. The molecule has 21 heavy (non-hydrogen) atoms. The van der Waals surface area contributed by atoms with Crippen LogP contribution >= 0.6 is 0 Å². The van der Waals surface area contributed by atoms with Crippen molar-refractivity contribution in [3.63, 3.8) is 0 Å². The zero-order chi connectivity index (χ0) is 15.3. The Morgan fingerprint density at radius 1 is 0.810 bits per heavy atom. The Labute approximate surface area is 124 Å². The van der Waals surface area contributed by atoms with Crippen LogP contribution in [-0.4, -0.2) is 22.6 Å². The highest BCUT2D eigenvalue weighted by Gasteiger charge is 2.10. The van der Waals surface area contributed by atoms with Crippen molar-refractivity contribution in [1.82, 2.24) is 0 Å². The SMILES string of the molecule is COc1ccc(C#CS(=O)(=O)c2ccc(OC)cc2)cc1. The first-order valence-corrected chi connectivity index (χ1v) is 7.59. The Balaban J connectivity index is 2.25.